The summed E-state index contributed by atoms with van der Waals surface area (Å²) in [6.07, 6.45) is 6.06. The summed E-state index contributed by atoms with van der Waals surface area (Å²) in [4.78, 5) is 23.1. The second-order valence-electron chi connectivity index (χ2n) is 17.9. The molecule has 2 aliphatic carbocycles. The first kappa shape index (κ1) is 47.0. The molecular weight excluding hydrogens is 873 g/mol. The van der Waals surface area contributed by atoms with Gasteiger partial charge >= 0.3 is 0 Å². The van der Waals surface area contributed by atoms with Crippen molar-refractivity contribution in [2.24, 2.45) is 0 Å². The van der Waals surface area contributed by atoms with E-state index >= 15 is 0 Å². The second kappa shape index (κ2) is 20.6. The fourth-order valence-electron chi connectivity index (χ4n) is 8.61. The molecule has 0 bridgehead atoms. The third-order valence-corrected chi connectivity index (χ3v) is 12.5. The molecule has 5 aliphatic rings. The fraction of sp³-hybridized carbons (Fsp3) is 0.532. The van der Waals surface area contributed by atoms with E-state index in [1.165, 1.54) is 0 Å². The van der Waals surface area contributed by atoms with Crippen molar-refractivity contribution in [2.75, 3.05) is 73.0 Å². The molecule has 1 aromatic carbocycles. The van der Waals surface area contributed by atoms with E-state index in [2.05, 4.69) is 47.2 Å². The molecular formula is C47H60ClF3N12O3. The summed E-state index contributed by atoms with van der Waals surface area (Å²) in [5.74, 6) is 3.24. The normalized spacial score (nSPS) is 21.8. The summed E-state index contributed by atoms with van der Waals surface area (Å²) in [5.41, 5.74) is 2.88. The molecule has 2 N–H and O–H groups in total. The van der Waals surface area contributed by atoms with Gasteiger partial charge in [-0.3, -0.25) is 0 Å². The molecule has 15 nitrogen and oxygen atoms in total. The highest BCUT2D eigenvalue weighted by Gasteiger charge is 2.35. The molecule has 0 amide bonds. The van der Waals surface area contributed by atoms with Crippen molar-refractivity contribution >= 4 is 34.9 Å². The van der Waals surface area contributed by atoms with Crippen LogP contribution in [-0.2, 0) is 15.9 Å². The van der Waals surface area contributed by atoms with Gasteiger partial charge in [0.05, 0.1) is 37.8 Å². The Morgan fingerprint density at radius 2 is 1.26 bits per heavy atom. The summed E-state index contributed by atoms with van der Waals surface area (Å²) in [5, 5.41) is 16.5. The Kier molecular flexibility index (Phi) is 14.7. The van der Waals surface area contributed by atoms with Gasteiger partial charge in [-0.25, -0.2) is 22.5 Å². The second-order valence-corrected chi connectivity index (χ2v) is 18.4. The minimum atomic E-state index is -2.54. The number of hydrogen-bond donors (Lipinski definition) is 2. The van der Waals surface area contributed by atoms with E-state index in [9.17, 15) is 13.2 Å². The van der Waals surface area contributed by atoms with E-state index in [4.69, 9.17) is 35.8 Å². The van der Waals surface area contributed by atoms with Gasteiger partial charge in [0.1, 0.15) is 40.4 Å². The molecule has 354 valence electrons. The summed E-state index contributed by atoms with van der Waals surface area (Å²) in [7, 11) is 0. The Balaban J connectivity index is 0.000000146. The lowest BCUT2D eigenvalue weighted by Crippen LogP contribution is -2.37. The molecule has 4 fully saturated rings. The number of nitrogens with one attached hydrogen (secondary N) is 2. The number of fused-ring (bicyclic) bond motifs is 1. The maximum Gasteiger partial charge on any atom is 0.254 e. The zero-order valence-electron chi connectivity index (χ0n) is 38.2. The molecule has 4 aromatic heterocycles. The Hall–Kier alpha value is -5.46. The number of benzene rings is 1. The lowest BCUT2D eigenvalue weighted by Gasteiger charge is -2.32. The van der Waals surface area contributed by atoms with Gasteiger partial charge in [0.15, 0.2) is 0 Å². The van der Waals surface area contributed by atoms with Crippen molar-refractivity contribution in [3.05, 3.63) is 88.7 Å². The molecule has 2 saturated heterocycles. The molecule has 3 aliphatic heterocycles. The van der Waals surface area contributed by atoms with E-state index in [-0.39, 0.29) is 24.9 Å². The minimum Gasteiger partial charge on any atom is -0.462 e. The van der Waals surface area contributed by atoms with E-state index < -0.39 is 11.6 Å². The summed E-state index contributed by atoms with van der Waals surface area (Å²) in [6, 6.07) is 13.6. The van der Waals surface area contributed by atoms with Crippen LogP contribution in [0.25, 0.3) is 11.9 Å². The average Bonchev–Trinajstić information content (AvgIpc) is 4.01. The van der Waals surface area contributed by atoms with Gasteiger partial charge in [-0.05, 0) is 96.6 Å². The Bertz CT molecular complexity index is 2430. The van der Waals surface area contributed by atoms with Crippen LogP contribution in [0.1, 0.15) is 80.9 Å². The summed E-state index contributed by atoms with van der Waals surface area (Å²) in [6.45, 7) is 17.1. The van der Waals surface area contributed by atoms with Gasteiger partial charge in [0.25, 0.3) is 11.9 Å². The van der Waals surface area contributed by atoms with E-state index in [0.29, 0.717) is 69.8 Å². The first-order valence-electron chi connectivity index (χ1n) is 22.9. The summed E-state index contributed by atoms with van der Waals surface area (Å²) >= 11 is 5.79. The van der Waals surface area contributed by atoms with Gasteiger partial charge in [0, 0.05) is 92.1 Å². The first-order chi connectivity index (χ1) is 31.6. The van der Waals surface area contributed by atoms with Crippen molar-refractivity contribution < 1.29 is 27.4 Å². The number of morpholine rings is 2. The molecule has 0 radical (unpaired) electrons. The van der Waals surface area contributed by atoms with Crippen LogP contribution in [0.2, 0.25) is 5.02 Å². The van der Waals surface area contributed by atoms with Crippen molar-refractivity contribution in [2.45, 2.75) is 109 Å². The maximum atomic E-state index is 14.1. The number of ether oxygens (including phenoxy) is 3. The van der Waals surface area contributed by atoms with Crippen LogP contribution >= 0.6 is 11.6 Å². The van der Waals surface area contributed by atoms with Gasteiger partial charge < -0.3 is 34.6 Å². The zero-order chi connectivity index (χ0) is 46.4. The number of anilines is 4. The largest absolute Gasteiger partial charge is 0.462 e. The van der Waals surface area contributed by atoms with Gasteiger partial charge in [-0.15, -0.1) is 0 Å². The maximum absolute atomic E-state index is 14.1. The number of alkyl halides is 3. The van der Waals surface area contributed by atoms with Gasteiger partial charge in [-0.2, -0.15) is 30.1 Å². The Labute approximate surface area is 389 Å². The molecule has 10 rings (SSSR count). The number of rotatable bonds is 8. The van der Waals surface area contributed by atoms with E-state index in [1.54, 1.807) is 16.3 Å². The molecule has 7 heterocycles. The van der Waals surface area contributed by atoms with Crippen LogP contribution in [0, 0.1) is 20.8 Å². The Morgan fingerprint density at radius 1 is 0.697 bits per heavy atom. The molecule has 0 spiro atoms. The molecule has 66 heavy (non-hydrogen) atoms. The third-order valence-electron chi connectivity index (χ3n) is 12.3. The topological polar surface area (TPSA) is 145 Å². The SMILES string of the molecule is C=C1Cc2cc(Cl)ccc2O1.Cc1cc(C)n(-c2nc(NC3CCC(C)(F)CC3)cc(N3CCOCC3)n2)n1.Cc1ccn(-c2nc(NC3CCC(F)(F)CC3)cc(N3CCOCC3)n2)n1. The number of halogens is 4. The highest BCUT2D eigenvalue weighted by atomic mass is 35.5. The predicted molar refractivity (Wildman–Crippen MR) is 250 cm³/mol. The van der Waals surface area contributed by atoms with E-state index in [1.807, 2.05) is 69.4 Å². The lowest BCUT2D eigenvalue weighted by molar-refractivity contribution is -0.0361. The highest BCUT2D eigenvalue weighted by molar-refractivity contribution is 6.30. The highest BCUT2D eigenvalue weighted by Crippen LogP contribution is 2.36. The number of nitrogens with zero attached hydrogens (tertiary/aromatic N) is 10. The standard InChI is InChI=1S/C20H29FN6O.C18H24F2N6O.C9H7ClO/c1-14-12-15(2)27(25-14)19-23-17(22-16-4-6-20(3,21)7-5-16)13-18(24-19)26-8-10-28-11-9-26;1-13-4-7-26(24-13)17-22-15(21-14-2-5-18(19,20)6-3-14)12-16(23-17)25-8-10-27-11-9-25;1-6-4-7-5-8(10)2-3-9(7)11-6/h12-13,16H,4-11H2,1-3H3,(H,22,23,24);4,7,12,14H,2-3,5-6,8-11H2,1H3,(H,21,22,23);2-3,5H,1,4H2. The van der Waals surface area contributed by atoms with E-state index in [0.717, 1.165) is 102 Å². The molecule has 19 heteroatoms. The van der Waals surface area contributed by atoms with Crippen LogP contribution in [-0.4, -0.2) is 116 Å². The number of allylic oxidation sites excluding steroid dienone is 1. The zero-order valence-corrected chi connectivity index (χ0v) is 39.0. The smallest absolute Gasteiger partial charge is 0.254 e. The lowest BCUT2D eigenvalue weighted by atomic mass is 9.85. The van der Waals surface area contributed by atoms with Gasteiger partial charge in [0.2, 0.25) is 5.92 Å². The summed E-state index contributed by atoms with van der Waals surface area (Å²) < 4.78 is 60.6. The third kappa shape index (κ3) is 12.5. The predicted octanol–water partition coefficient (Wildman–Crippen LogP) is 8.78. The molecule has 0 unspecified atom stereocenters. The van der Waals surface area contributed by atoms with Crippen molar-refractivity contribution in [3.63, 3.8) is 0 Å². The number of aryl methyl sites for hydroxylation is 3. The van der Waals surface area contributed by atoms with Crippen LogP contribution < -0.4 is 25.2 Å². The minimum absolute atomic E-state index is 0.00993. The van der Waals surface area contributed by atoms with Gasteiger partial charge in [-0.1, -0.05) is 18.2 Å². The number of aromatic nitrogens is 8. The Morgan fingerprint density at radius 3 is 1.80 bits per heavy atom. The number of hydrogen-bond acceptors (Lipinski definition) is 13. The van der Waals surface area contributed by atoms with Crippen molar-refractivity contribution in [1.82, 2.24) is 39.5 Å². The fourth-order valence-corrected chi connectivity index (χ4v) is 8.81. The molecule has 0 atom stereocenters. The average molecular weight is 934 g/mol. The van der Waals surface area contributed by atoms with Crippen molar-refractivity contribution in [3.8, 4) is 17.6 Å². The van der Waals surface area contributed by atoms with Crippen LogP contribution in [0.4, 0.5) is 36.4 Å². The van der Waals surface area contributed by atoms with Crippen LogP contribution in [0.3, 0.4) is 0 Å². The van der Waals surface area contributed by atoms with Crippen molar-refractivity contribution in [1.29, 1.82) is 0 Å². The van der Waals surface area contributed by atoms with Crippen LogP contribution in [0.5, 0.6) is 5.75 Å². The molecule has 5 aromatic rings. The van der Waals surface area contributed by atoms with Crippen LogP contribution in [0.15, 0.2) is 61.0 Å². The molecule has 2 saturated carbocycles. The monoisotopic (exact) mass is 932 g/mol. The quantitative estimate of drug-likeness (QED) is 0.153. The first-order valence-corrected chi connectivity index (χ1v) is 23.3.